The van der Waals surface area contributed by atoms with E-state index in [-0.39, 0.29) is 36.1 Å². The average molecular weight is 443 g/mol. The molecular weight excluding hydrogens is 396 g/mol. The van der Waals surface area contributed by atoms with Crippen molar-refractivity contribution in [3.05, 3.63) is 0 Å². The molecule has 0 aromatic carbocycles. The molecule has 31 heavy (non-hydrogen) atoms. The Morgan fingerprint density at radius 3 is 2.00 bits per heavy atom. The predicted molar refractivity (Wildman–Crippen MR) is 124 cm³/mol. The summed E-state index contributed by atoms with van der Waals surface area (Å²) in [6, 6.07) is -0.220. The van der Waals surface area contributed by atoms with E-state index in [9.17, 15) is 14.4 Å². The first-order valence-corrected chi connectivity index (χ1v) is 11.6. The Labute approximate surface area is 189 Å². The van der Waals surface area contributed by atoms with Crippen LogP contribution >= 0.6 is 0 Å². The summed E-state index contributed by atoms with van der Waals surface area (Å²) in [4.78, 5) is 41.0. The third-order valence-electron chi connectivity index (χ3n) is 6.00. The van der Waals surface area contributed by atoms with Gasteiger partial charge in [-0.2, -0.15) is 0 Å². The Hall–Kier alpha value is -1.47. The molecule has 7 nitrogen and oxygen atoms in total. The highest BCUT2D eigenvalue weighted by molar-refractivity contribution is 5.78. The molecule has 5 unspecified atom stereocenters. The number of aldehydes is 1. The van der Waals surface area contributed by atoms with E-state index in [4.69, 9.17) is 9.47 Å². The van der Waals surface area contributed by atoms with E-state index in [1.165, 1.54) is 7.11 Å². The van der Waals surface area contributed by atoms with Crippen molar-refractivity contribution in [2.45, 2.75) is 92.0 Å². The topological polar surface area (TPSA) is 76.2 Å². The SMILES string of the molecule is CCCCN(C(=O)CC(OC)C(C(C)CC)N(C)C(=O)CC(C)C)C(OC)C(C)C=O. The fourth-order valence-corrected chi connectivity index (χ4v) is 3.95. The highest BCUT2D eigenvalue weighted by Crippen LogP contribution is 2.24. The van der Waals surface area contributed by atoms with Crippen LogP contribution in [0.3, 0.4) is 0 Å². The number of likely N-dealkylation sites (N-methyl/N-ethyl adjacent to an activating group) is 1. The Morgan fingerprint density at radius 1 is 0.968 bits per heavy atom. The van der Waals surface area contributed by atoms with Gasteiger partial charge in [0.25, 0.3) is 0 Å². The molecule has 0 spiro atoms. The molecule has 0 saturated carbocycles. The minimum Gasteiger partial charge on any atom is -0.379 e. The summed E-state index contributed by atoms with van der Waals surface area (Å²) in [5.74, 6) is -0.0876. The van der Waals surface area contributed by atoms with Gasteiger partial charge in [0.15, 0.2) is 0 Å². The third-order valence-corrected chi connectivity index (χ3v) is 6.00. The lowest BCUT2D eigenvalue weighted by Gasteiger charge is -2.39. The Morgan fingerprint density at radius 2 is 1.58 bits per heavy atom. The van der Waals surface area contributed by atoms with E-state index in [1.807, 2.05) is 13.8 Å². The highest BCUT2D eigenvalue weighted by atomic mass is 16.5. The summed E-state index contributed by atoms with van der Waals surface area (Å²) in [6.45, 7) is 12.5. The van der Waals surface area contributed by atoms with Gasteiger partial charge in [-0.25, -0.2) is 0 Å². The van der Waals surface area contributed by atoms with Gasteiger partial charge >= 0.3 is 0 Å². The van der Waals surface area contributed by atoms with E-state index >= 15 is 0 Å². The van der Waals surface area contributed by atoms with Crippen molar-refractivity contribution in [2.24, 2.45) is 17.8 Å². The van der Waals surface area contributed by atoms with Crippen LogP contribution in [0.5, 0.6) is 0 Å². The van der Waals surface area contributed by atoms with Crippen molar-refractivity contribution >= 4 is 18.1 Å². The minimum atomic E-state index is -0.614. The standard InChI is InChI=1S/C24H46N2O5/c1-10-12-13-26(24(31-9)19(6)16-27)22(29)15-20(30-8)23(18(5)11-2)25(7)21(28)14-17(3)4/h16-20,23-24H,10-15H2,1-9H3. The normalized spacial score (nSPS) is 16.3. The lowest BCUT2D eigenvalue weighted by Crippen LogP contribution is -2.52. The zero-order chi connectivity index (χ0) is 24.1. The van der Waals surface area contributed by atoms with Crippen LogP contribution in [-0.2, 0) is 23.9 Å². The third kappa shape index (κ3) is 9.27. The van der Waals surface area contributed by atoms with E-state index < -0.39 is 18.2 Å². The Kier molecular flexibility index (Phi) is 14.6. The number of hydrogen-bond donors (Lipinski definition) is 0. The molecule has 2 amide bonds. The molecular formula is C24H46N2O5. The maximum Gasteiger partial charge on any atom is 0.227 e. The molecule has 0 aromatic heterocycles. The average Bonchev–Trinajstić information content (AvgIpc) is 2.74. The second-order valence-electron chi connectivity index (χ2n) is 9.02. The second kappa shape index (κ2) is 15.4. The molecule has 0 aliphatic heterocycles. The zero-order valence-electron chi connectivity index (χ0n) is 21.2. The van der Waals surface area contributed by atoms with E-state index in [0.29, 0.717) is 13.0 Å². The van der Waals surface area contributed by atoms with Gasteiger partial charge in [0, 0.05) is 34.2 Å². The molecule has 0 radical (unpaired) electrons. The molecule has 0 aliphatic carbocycles. The largest absolute Gasteiger partial charge is 0.379 e. The summed E-state index contributed by atoms with van der Waals surface area (Å²) >= 11 is 0. The number of hydrogen-bond acceptors (Lipinski definition) is 5. The number of nitrogens with zero attached hydrogens (tertiary/aromatic N) is 2. The van der Waals surface area contributed by atoms with Crippen LogP contribution in [0.4, 0.5) is 0 Å². The molecule has 5 atom stereocenters. The zero-order valence-corrected chi connectivity index (χ0v) is 21.2. The lowest BCUT2D eigenvalue weighted by molar-refractivity contribution is -0.155. The maximum atomic E-state index is 13.4. The van der Waals surface area contributed by atoms with Crippen molar-refractivity contribution in [3.8, 4) is 0 Å². The maximum absolute atomic E-state index is 13.4. The van der Waals surface area contributed by atoms with Crippen LogP contribution in [0.2, 0.25) is 0 Å². The van der Waals surface area contributed by atoms with Crippen LogP contribution in [0.1, 0.15) is 73.6 Å². The van der Waals surface area contributed by atoms with Crippen LogP contribution in [0.15, 0.2) is 0 Å². The van der Waals surface area contributed by atoms with Crippen molar-refractivity contribution in [1.29, 1.82) is 0 Å². The first-order chi connectivity index (χ1) is 14.6. The van der Waals surface area contributed by atoms with Gasteiger partial charge in [-0.05, 0) is 18.3 Å². The number of amides is 2. The highest BCUT2D eigenvalue weighted by Gasteiger charge is 2.36. The van der Waals surface area contributed by atoms with E-state index in [1.54, 1.807) is 30.9 Å². The first kappa shape index (κ1) is 29.5. The monoisotopic (exact) mass is 442 g/mol. The number of carbonyl (C=O) groups is 3. The van der Waals surface area contributed by atoms with Gasteiger partial charge in [0.2, 0.25) is 11.8 Å². The fraction of sp³-hybridized carbons (Fsp3) is 0.875. The number of rotatable bonds is 16. The van der Waals surface area contributed by atoms with Gasteiger partial charge in [-0.1, -0.05) is 54.4 Å². The van der Waals surface area contributed by atoms with Crippen LogP contribution in [0.25, 0.3) is 0 Å². The quantitative estimate of drug-likeness (QED) is 0.269. The molecule has 0 bridgehead atoms. The number of unbranched alkanes of at least 4 members (excludes halogenated alkanes) is 1. The van der Waals surface area contributed by atoms with Crippen LogP contribution < -0.4 is 0 Å². The second-order valence-corrected chi connectivity index (χ2v) is 9.02. The molecule has 0 rings (SSSR count). The molecule has 0 fully saturated rings. The minimum absolute atomic E-state index is 0.0574. The van der Waals surface area contributed by atoms with E-state index in [2.05, 4.69) is 20.8 Å². The van der Waals surface area contributed by atoms with Gasteiger partial charge in [0.1, 0.15) is 12.5 Å². The Bertz CT molecular complexity index is 540. The summed E-state index contributed by atoms with van der Waals surface area (Å²) in [5, 5.41) is 0. The number of methoxy groups -OCH3 is 2. The summed E-state index contributed by atoms with van der Waals surface area (Å²) in [7, 11) is 4.91. The van der Waals surface area contributed by atoms with Crippen molar-refractivity contribution < 1.29 is 23.9 Å². The van der Waals surface area contributed by atoms with Crippen LogP contribution in [0, 0.1) is 17.8 Å². The number of ether oxygens (including phenoxy) is 2. The van der Waals surface area contributed by atoms with Gasteiger partial charge < -0.3 is 24.1 Å². The lowest BCUT2D eigenvalue weighted by atomic mass is 9.90. The predicted octanol–water partition coefficient (Wildman–Crippen LogP) is 3.75. The summed E-state index contributed by atoms with van der Waals surface area (Å²) in [5.41, 5.74) is 0. The Balaban J connectivity index is 5.77. The molecule has 0 N–H and O–H groups in total. The van der Waals surface area contributed by atoms with Crippen molar-refractivity contribution in [3.63, 3.8) is 0 Å². The fourth-order valence-electron chi connectivity index (χ4n) is 3.95. The summed E-state index contributed by atoms with van der Waals surface area (Å²) in [6.07, 6.45) is 2.93. The molecule has 7 heteroatoms. The van der Waals surface area contributed by atoms with Crippen molar-refractivity contribution in [2.75, 3.05) is 27.8 Å². The summed E-state index contributed by atoms with van der Waals surface area (Å²) < 4.78 is 11.3. The first-order valence-electron chi connectivity index (χ1n) is 11.6. The van der Waals surface area contributed by atoms with Crippen LogP contribution in [-0.4, -0.2) is 74.1 Å². The molecule has 0 aromatic rings. The van der Waals surface area contributed by atoms with Gasteiger partial charge in [0.05, 0.1) is 24.5 Å². The molecule has 0 heterocycles. The van der Waals surface area contributed by atoms with Gasteiger partial charge in [-0.15, -0.1) is 0 Å². The van der Waals surface area contributed by atoms with Gasteiger partial charge in [-0.3, -0.25) is 9.59 Å². The van der Waals surface area contributed by atoms with Crippen molar-refractivity contribution in [1.82, 2.24) is 9.80 Å². The smallest absolute Gasteiger partial charge is 0.227 e. The molecule has 0 aliphatic rings. The molecule has 182 valence electrons. The number of carbonyl (C=O) groups excluding carboxylic acids is 3. The molecule has 0 saturated heterocycles. The van der Waals surface area contributed by atoms with E-state index in [0.717, 1.165) is 25.5 Å².